The molecule has 2 fully saturated rings. The van der Waals surface area contributed by atoms with Crippen molar-refractivity contribution in [3.05, 3.63) is 27.1 Å². The lowest BCUT2D eigenvalue weighted by Crippen LogP contribution is -2.39. The van der Waals surface area contributed by atoms with E-state index in [0.29, 0.717) is 30.5 Å². The summed E-state index contributed by atoms with van der Waals surface area (Å²) in [4.78, 5) is 24.4. The van der Waals surface area contributed by atoms with Crippen molar-refractivity contribution < 1.29 is 9.47 Å². The highest BCUT2D eigenvalue weighted by Gasteiger charge is 2.19. The Balaban J connectivity index is 1.56. The summed E-state index contributed by atoms with van der Waals surface area (Å²) in [7, 11) is 0. The maximum atomic E-state index is 13.2. The number of pyridine rings is 1. The number of hydrogen-bond acceptors (Lipinski definition) is 7. The van der Waals surface area contributed by atoms with E-state index < -0.39 is 0 Å². The largest absolute Gasteiger partial charge is 0.381 e. The lowest BCUT2D eigenvalue weighted by atomic mass is 10.0. The first-order valence-electron chi connectivity index (χ1n) is 9.88. The van der Waals surface area contributed by atoms with E-state index in [1.54, 1.807) is 6.20 Å². The van der Waals surface area contributed by atoms with Gasteiger partial charge in [-0.15, -0.1) is 0 Å². The summed E-state index contributed by atoms with van der Waals surface area (Å²) < 4.78 is 13.5. The summed E-state index contributed by atoms with van der Waals surface area (Å²) in [5.74, 6) is 0.805. The summed E-state index contributed by atoms with van der Waals surface area (Å²) in [6.07, 6.45) is 3.66. The molecule has 2 aromatic rings. The Morgan fingerprint density at radius 1 is 1.18 bits per heavy atom. The third kappa shape index (κ3) is 4.71. The molecule has 4 rings (SSSR count). The standard InChI is InChI=1S/C19H26BrN5O3/c20-15-11-16-17(22-12-15)23-18(21-3-4-24-5-9-28-10-6-24)19(26)25(16)13-14-1-7-27-8-2-14/h11-12,14H,1-10,13H2,(H,21,22,23). The predicted octanol–water partition coefficient (Wildman–Crippen LogP) is 1.72. The molecule has 0 amide bonds. The van der Waals surface area contributed by atoms with Crippen LogP contribution in [-0.4, -0.2) is 72.0 Å². The Morgan fingerprint density at radius 3 is 2.71 bits per heavy atom. The van der Waals surface area contributed by atoms with Crippen molar-refractivity contribution in [2.45, 2.75) is 19.4 Å². The normalized spacial score (nSPS) is 19.2. The van der Waals surface area contributed by atoms with E-state index in [1.807, 2.05) is 10.6 Å². The monoisotopic (exact) mass is 451 g/mol. The van der Waals surface area contributed by atoms with Gasteiger partial charge in [-0.2, -0.15) is 0 Å². The summed E-state index contributed by atoms with van der Waals surface area (Å²) >= 11 is 3.46. The third-order valence-electron chi connectivity index (χ3n) is 5.38. The number of fused-ring (bicyclic) bond motifs is 1. The number of morpholine rings is 1. The first-order valence-corrected chi connectivity index (χ1v) is 10.7. The molecule has 0 aromatic carbocycles. The highest BCUT2D eigenvalue weighted by Crippen LogP contribution is 2.21. The number of anilines is 1. The number of nitrogens with zero attached hydrogens (tertiary/aromatic N) is 4. The quantitative estimate of drug-likeness (QED) is 0.715. The van der Waals surface area contributed by atoms with Gasteiger partial charge in [0.25, 0.3) is 5.56 Å². The predicted molar refractivity (Wildman–Crippen MR) is 111 cm³/mol. The van der Waals surface area contributed by atoms with Crippen LogP contribution in [-0.2, 0) is 16.0 Å². The van der Waals surface area contributed by atoms with Crippen molar-refractivity contribution in [2.75, 3.05) is 57.9 Å². The van der Waals surface area contributed by atoms with Crippen LogP contribution in [0.3, 0.4) is 0 Å². The molecule has 0 aliphatic carbocycles. The van der Waals surface area contributed by atoms with Gasteiger partial charge in [0.05, 0.1) is 18.7 Å². The van der Waals surface area contributed by atoms with Gasteiger partial charge in [-0.25, -0.2) is 9.97 Å². The minimum atomic E-state index is -0.0825. The van der Waals surface area contributed by atoms with Crippen LogP contribution in [0.2, 0.25) is 0 Å². The fourth-order valence-electron chi connectivity index (χ4n) is 3.74. The van der Waals surface area contributed by atoms with Crippen molar-refractivity contribution in [1.29, 1.82) is 0 Å². The Bertz CT molecular complexity index is 863. The molecule has 0 bridgehead atoms. The Kier molecular flexibility index (Phi) is 6.56. The van der Waals surface area contributed by atoms with E-state index in [2.05, 4.69) is 36.1 Å². The van der Waals surface area contributed by atoms with Crippen LogP contribution in [0.5, 0.6) is 0 Å². The van der Waals surface area contributed by atoms with Gasteiger partial charge in [-0.3, -0.25) is 9.69 Å². The number of halogens is 1. The lowest BCUT2D eigenvalue weighted by molar-refractivity contribution is 0.0398. The molecule has 2 saturated heterocycles. The Labute approximate surface area is 172 Å². The minimum absolute atomic E-state index is 0.0825. The molecule has 2 aromatic heterocycles. The topological polar surface area (TPSA) is 81.5 Å². The fraction of sp³-hybridized carbons (Fsp3) is 0.632. The summed E-state index contributed by atoms with van der Waals surface area (Å²) in [6.45, 7) is 7.10. The molecular formula is C19H26BrN5O3. The number of ether oxygens (including phenoxy) is 2. The zero-order valence-corrected chi connectivity index (χ0v) is 17.5. The molecule has 4 heterocycles. The van der Waals surface area contributed by atoms with Gasteiger partial charge in [0.15, 0.2) is 11.5 Å². The summed E-state index contributed by atoms with van der Waals surface area (Å²) in [6, 6.07) is 1.92. The van der Waals surface area contributed by atoms with E-state index >= 15 is 0 Å². The number of aromatic nitrogens is 3. The molecule has 0 atom stereocenters. The van der Waals surface area contributed by atoms with Gasteiger partial charge in [0.2, 0.25) is 0 Å². The van der Waals surface area contributed by atoms with E-state index in [0.717, 1.165) is 68.9 Å². The second-order valence-corrected chi connectivity index (χ2v) is 8.22. The van der Waals surface area contributed by atoms with Gasteiger partial charge in [0.1, 0.15) is 0 Å². The molecule has 0 saturated carbocycles. The third-order valence-corrected chi connectivity index (χ3v) is 5.81. The highest BCUT2D eigenvalue weighted by atomic mass is 79.9. The Hall–Kier alpha value is -1.55. The van der Waals surface area contributed by atoms with E-state index in [4.69, 9.17) is 9.47 Å². The van der Waals surface area contributed by atoms with Crippen molar-refractivity contribution in [1.82, 2.24) is 19.4 Å². The maximum Gasteiger partial charge on any atom is 0.293 e. The number of hydrogen-bond donors (Lipinski definition) is 1. The molecular weight excluding hydrogens is 426 g/mol. The van der Waals surface area contributed by atoms with Crippen LogP contribution in [0.1, 0.15) is 12.8 Å². The molecule has 8 nitrogen and oxygen atoms in total. The van der Waals surface area contributed by atoms with E-state index in [1.165, 1.54) is 0 Å². The van der Waals surface area contributed by atoms with Gasteiger partial charge in [-0.05, 0) is 40.8 Å². The molecule has 0 unspecified atom stereocenters. The van der Waals surface area contributed by atoms with E-state index in [9.17, 15) is 4.79 Å². The summed E-state index contributed by atoms with van der Waals surface area (Å²) in [5.41, 5.74) is 1.27. The van der Waals surface area contributed by atoms with Crippen LogP contribution in [0.4, 0.5) is 5.82 Å². The van der Waals surface area contributed by atoms with Gasteiger partial charge in [0, 0.05) is 56.6 Å². The average Bonchev–Trinajstić information content (AvgIpc) is 2.73. The van der Waals surface area contributed by atoms with Crippen LogP contribution >= 0.6 is 15.9 Å². The Morgan fingerprint density at radius 2 is 1.93 bits per heavy atom. The van der Waals surface area contributed by atoms with Gasteiger partial charge >= 0.3 is 0 Å². The van der Waals surface area contributed by atoms with Crippen molar-refractivity contribution in [3.63, 3.8) is 0 Å². The van der Waals surface area contributed by atoms with Crippen LogP contribution in [0, 0.1) is 5.92 Å². The molecule has 1 N–H and O–H groups in total. The first-order chi connectivity index (χ1) is 13.7. The zero-order chi connectivity index (χ0) is 19.3. The molecule has 2 aliphatic heterocycles. The molecule has 152 valence electrons. The SMILES string of the molecule is O=c1c(NCCN2CCOCC2)nc2ncc(Br)cc2n1CC1CCOCC1. The number of rotatable bonds is 6. The van der Waals surface area contributed by atoms with Crippen LogP contribution in [0.25, 0.3) is 11.2 Å². The lowest BCUT2D eigenvalue weighted by Gasteiger charge is -2.26. The smallest absolute Gasteiger partial charge is 0.293 e. The van der Waals surface area contributed by atoms with Crippen molar-refractivity contribution in [3.8, 4) is 0 Å². The van der Waals surface area contributed by atoms with E-state index in [-0.39, 0.29) is 5.56 Å². The second kappa shape index (κ2) is 9.30. The van der Waals surface area contributed by atoms with Crippen molar-refractivity contribution >= 4 is 32.9 Å². The molecule has 0 spiro atoms. The zero-order valence-electron chi connectivity index (χ0n) is 15.9. The molecule has 28 heavy (non-hydrogen) atoms. The first kappa shape index (κ1) is 19.8. The van der Waals surface area contributed by atoms with Gasteiger partial charge in [-0.1, -0.05) is 0 Å². The molecule has 2 aliphatic rings. The van der Waals surface area contributed by atoms with Gasteiger partial charge < -0.3 is 19.4 Å². The van der Waals surface area contributed by atoms with Crippen LogP contribution in [0.15, 0.2) is 21.5 Å². The maximum absolute atomic E-state index is 13.2. The minimum Gasteiger partial charge on any atom is -0.381 e. The average molecular weight is 452 g/mol. The summed E-state index contributed by atoms with van der Waals surface area (Å²) in [5, 5.41) is 3.24. The van der Waals surface area contributed by atoms with Crippen molar-refractivity contribution in [2.24, 2.45) is 5.92 Å². The second-order valence-electron chi connectivity index (χ2n) is 7.31. The highest BCUT2D eigenvalue weighted by molar-refractivity contribution is 9.10. The number of nitrogens with one attached hydrogen (secondary N) is 1. The molecule has 9 heteroatoms. The fourth-order valence-corrected chi connectivity index (χ4v) is 4.06. The molecule has 0 radical (unpaired) electrons. The van der Waals surface area contributed by atoms with Crippen LogP contribution < -0.4 is 10.9 Å².